The average Bonchev–Trinajstić information content (AvgIpc) is 2.91. The summed E-state index contributed by atoms with van der Waals surface area (Å²) in [7, 11) is -1.19. The molecule has 0 atom stereocenters. The van der Waals surface area contributed by atoms with Gasteiger partial charge in [0.15, 0.2) is 6.29 Å². The summed E-state index contributed by atoms with van der Waals surface area (Å²) >= 11 is 0. The second kappa shape index (κ2) is 12.6. The monoisotopic (exact) mass is 361 g/mol. The SMILES string of the molecule is CCOC(C[Si]CCCN1CCC[Si]1(OCC)OCC)OCC. The van der Waals surface area contributed by atoms with Crippen molar-refractivity contribution in [2.24, 2.45) is 0 Å². The summed E-state index contributed by atoms with van der Waals surface area (Å²) in [5.41, 5.74) is 0. The van der Waals surface area contributed by atoms with E-state index in [1.165, 1.54) is 18.9 Å². The molecule has 136 valence electrons. The van der Waals surface area contributed by atoms with Crippen molar-refractivity contribution in [2.45, 2.75) is 65.0 Å². The first-order valence-electron chi connectivity index (χ1n) is 9.19. The van der Waals surface area contributed by atoms with Crippen molar-refractivity contribution in [3.05, 3.63) is 0 Å². The van der Waals surface area contributed by atoms with Crippen LogP contribution in [-0.4, -0.2) is 68.6 Å². The van der Waals surface area contributed by atoms with Gasteiger partial charge in [-0.3, -0.25) is 4.57 Å². The molecule has 0 saturated carbocycles. The Bertz CT molecular complexity index is 285. The molecule has 5 nitrogen and oxygen atoms in total. The summed E-state index contributed by atoms with van der Waals surface area (Å²) in [6.45, 7) is 13.4. The maximum absolute atomic E-state index is 6.11. The number of rotatable bonds is 14. The van der Waals surface area contributed by atoms with Gasteiger partial charge in [-0.1, -0.05) is 6.04 Å². The molecule has 7 heteroatoms. The van der Waals surface area contributed by atoms with Crippen molar-refractivity contribution in [1.29, 1.82) is 0 Å². The molecular weight excluding hydrogens is 326 g/mol. The zero-order chi connectivity index (χ0) is 17.0. The molecule has 1 rings (SSSR count). The first-order valence-corrected chi connectivity index (χ1v) is 12.6. The second-order valence-electron chi connectivity index (χ2n) is 5.57. The lowest BCUT2D eigenvalue weighted by atomic mass is 10.4. The van der Waals surface area contributed by atoms with Gasteiger partial charge in [0, 0.05) is 42.0 Å². The summed E-state index contributed by atoms with van der Waals surface area (Å²) in [4.78, 5) is 0. The van der Waals surface area contributed by atoms with Gasteiger partial charge in [0.25, 0.3) is 0 Å². The molecule has 0 bridgehead atoms. The first-order chi connectivity index (χ1) is 11.2. The molecule has 0 unspecified atom stereocenters. The van der Waals surface area contributed by atoms with Crippen LogP contribution in [0.5, 0.6) is 0 Å². The maximum atomic E-state index is 6.11. The van der Waals surface area contributed by atoms with E-state index in [0.29, 0.717) is 0 Å². The van der Waals surface area contributed by atoms with Crippen LogP contribution in [0.2, 0.25) is 18.1 Å². The Morgan fingerprint density at radius 3 is 2.22 bits per heavy atom. The normalized spacial score (nSPS) is 18.1. The largest absolute Gasteiger partial charge is 0.427 e. The van der Waals surface area contributed by atoms with E-state index in [4.69, 9.17) is 18.3 Å². The lowest BCUT2D eigenvalue weighted by Crippen LogP contribution is -2.54. The lowest BCUT2D eigenvalue weighted by molar-refractivity contribution is -0.123. The summed E-state index contributed by atoms with van der Waals surface area (Å²) in [5.74, 6) is 0. The van der Waals surface area contributed by atoms with E-state index >= 15 is 0 Å². The van der Waals surface area contributed by atoms with Crippen LogP contribution < -0.4 is 0 Å². The quantitative estimate of drug-likeness (QED) is 0.270. The minimum Gasteiger partial charge on any atom is -0.383 e. The topological polar surface area (TPSA) is 40.2 Å². The molecule has 0 aromatic rings. The predicted octanol–water partition coefficient (Wildman–Crippen LogP) is 3.03. The van der Waals surface area contributed by atoms with Crippen LogP contribution in [0.3, 0.4) is 0 Å². The molecule has 1 aliphatic heterocycles. The van der Waals surface area contributed by atoms with Crippen LogP contribution in [0.1, 0.15) is 40.5 Å². The second-order valence-corrected chi connectivity index (χ2v) is 10.1. The Kier molecular flexibility index (Phi) is 11.6. The molecule has 1 aliphatic rings. The zero-order valence-electron chi connectivity index (χ0n) is 15.4. The van der Waals surface area contributed by atoms with Crippen LogP contribution >= 0.6 is 0 Å². The Balaban J connectivity index is 2.28. The number of nitrogens with zero attached hydrogens (tertiary/aromatic N) is 1. The molecule has 0 aromatic heterocycles. The number of hydrogen-bond donors (Lipinski definition) is 0. The molecule has 0 aromatic carbocycles. The standard InChI is InChI=1S/C16H35NO4Si2/c1-5-18-16(19-6-2)15-22-13-9-11-17-12-10-14-23(17,20-7-3)21-8-4/h16H,5-15H2,1-4H3. The Hall–Kier alpha value is 0.234. The Morgan fingerprint density at radius 2 is 1.65 bits per heavy atom. The van der Waals surface area contributed by atoms with Gasteiger partial charge in [-0.05, 0) is 59.7 Å². The van der Waals surface area contributed by atoms with Crippen molar-refractivity contribution in [3.63, 3.8) is 0 Å². The third-order valence-electron chi connectivity index (χ3n) is 3.94. The Morgan fingerprint density at radius 1 is 1.00 bits per heavy atom. The average molecular weight is 362 g/mol. The van der Waals surface area contributed by atoms with Gasteiger partial charge >= 0.3 is 8.72 Å². The fourth-order valence-electron chi connectivity index (χ4n) is 3.08. The molecule has 1 saturated heterocycles. The minimum atomic E-state index is -2.08. The molecule has 0 N–H and O–H groups in total. The van der Waals surface area contributed by atoms with E-state index in [1.807, 2.05) is 13.8 Å². The Labute approximate surface area is 146 Å². The van der Waals surface area contributed by atoms with Gasteiger partial charge in [-0.25, -0.2) is 0 Å². The van der Waals surface area contributed by atoms with Crippen molar-refractivity contribution in [3.8, 4) is 0 Å². The maximum Gasteiger partial charge on any atom is 0.427 e. The van der Waals surface area contributed by atoms with Crippen molar-refractivity contribution < 1.29 is 18.3 Å². The molecule has 2 radical (unpaired) electrons. The summed E-state index contributed by atoms with van der Waals surface area (Å²) in [5, 5.41) is 0. The highest BCUT2D eigenvalue weighted by Crippen LogP contribution is 2.28. The molecule has 0 amide bonds. The highest BCUT2D eigenvalue weighted by atomic mass is 28.4. The molecule has 23 heavy (non-hydrogen) atoms. The molecule has 1 fully saturated rings. The van der Waals surface area contributed by atoms with Gasteiger partial charge in [0.1, 0.15) is 0 Å². The van der Waals surface area contributed by atoms with Crippen molar-refractivity contribution in [1.82, 2.24) is 4.57 Å². The highest BCUT2D eigenvalue weighted by molar-refractivity contribution is 6.65. The van der Waals surface area contributed by atoms with Crippen LogP contribution in [0, 0.1) is 0 Å². The fourth-order valence-corrected chi connectivity index (χ4v) is 7.72. The van der Waals surface area contributed by atoms with Crippen molar-refractivity contribution >= 4 is 18.2 Å². The molecule has 1 heterocycles. The van der Waals surface area contributed by atoms with Gasteiger partial charge in [-0.2, -0.15) is 0 Å². The number of hydrogen-bond acceptors (Lipinski definition) is 5. The van der Waals surface area contributed by atoms with E-state index in [9.17, 15) is 0 Å². The van der Waals surface area contributed by atoms with Gasteiger partial charge in [0.2, 0.25) is 0 Å². The summed E-state index contributed by atoms with van der Waals surface area (Å²) in [6, 6.07) is 3.37. The van der Waals surface area contributed by atoms with Crippen LogP contribution in [0.4, 0.5) is 0 Å². The third kappa shape index (κ3) is 7.33. The van der Waals surface area contributed by atoms with E-state index in [0.717, 1.165) is 61.1 Å². The number of ether oxygens (including phenoxy) is 2. The molecule has 0 aliphatic carbocycles. The van der Waals surface area contributed by atoms with E-state index in [2.05, 4.69) is 18.4 Å². The van der Waals surface area contributed by atoms with Gasteiger partial charge in [0.05, 0.1) is 0 Å². The lowest BCUT2D eigenvalue weighted by Gasteiger charge is -2.34. The molecule has 0 spiro atoms. The minimum absolute atomic E-state index is 0.0181. The van der Waals surface area contributed by atoms with Crippen molar-refractivity contribution in [2.75, 3.05) is 39.5 Å². The summed E-state index contributed by atoms with van der Waals surface area (Å²) in [6.07, 6.45) is 2.40. The van der Waals surface area contributed by atoms with E-state index in [1.54, 1.807) is 0 Å². The predicted molar refractivity (Wildman–Crippen MR) is 97.0 cm³/mol. The third-order valence-corrected chi connectivity index (χ3v) is 9.14. The first kappa shape index (κ1) is 21.3. The van der Waals surface area contributed by atoms with Crippen LogP contribution in [0.15, 0.2) is 0 Å². The van der Waals surface area contributed by atoms with Gasteiger partial charge < -0.3 is 18.3 Å². The fraction of sp³-hybridized carbons (Fsp3) is 1.00. The molecular formula is C16H35NO4Si2. The summed E-state index contributed by atoms with van der Waals surface area (Å²) < 4.78 is 25.9. The van der Waals surface area contributed by atoms with Gasteiger partial charge in [-0.15, -0.1) is 0 Å². The van der Waals surface area contributed by atoms with Crippen LogP contribution in [-0.2, 0) is 18.3 Å². The van der Waals surface area contributed by atoms with E-state index in [-0.39, 0.29) is 6.29 Å². The van der Waals surface area contributed by atoms with Crippen LogP contribution in [0.25, 0.3) is 0 Å². The zero-order valence-corrected chi connectivity index (χ0v) is 17.4. The highest BCUT2D eigenvalue weighted by Gasteiger charge is 2.48. The van der Waals surface area contributed by atoms with E-state index < -0.39 is 8.72 Å². The smallest absolute Gasteiger partial charge is 0.383 e.